The van der Waals surface area contributed by atoms with Crippen LogP contribution in [-0.2, 0) is 9.47 Å². The van der Waals surface area contributed by atoms with Crippen LogP contribution in [0, 0.1) is 13.8 Å². The summed E-state index contributed by atoms with van der Waals surface area (Å²) in [7, 11) is 0. The Morgan fingerprint density at radius 2 is 1.96 bits per heavy atom. The molecule has 0 bridgehead atoms. The van der Waals surface area contributed by atoms with Gasteiger partial charge in [-0.1, -0.05) is 0 Å². The highest BCUT2D eigenvalue weighted by molar-refractivity contribution is 5.89. The molecule has 2 atom stereocenters. The number of nitrogens with one attached hydrogen (secondary N) is 1. The van der Waals surface area contributed by atoms with Gasteiger partial charge in [0.2, 0.25) is 0 Å². The number of rotatable bonds is 3. The molecule has 2 aromatic heterocycles. The van der Waals surface area contributed by atoms with Crippen molar-refractivity contribution in [3.8, 4) is 0 Å². The Labute approximate surface area is 141 Å². The lowest BCUT2D eigenvalue weighted by molar-refractivity contribution is 0.0130. The monoisotopic (exact) mass is 329 g/mol. The van der Waals surface area contributed by atoms with Crippen LogP contribution in [0.2, 0.25) is 0 Å². The fourth-order valence-corrected chi connectivity index (χ4v) is 3.64. The van der Waals surface area contributed by atoms with Gasteiger partial charge >= 0.3 is 0 Å². The van der Waals surface area contributed by atoms with Crippen LogP contribution in [0.15, 0.2) is 12.4 Å². The van der Waals surface area contributed by atoms with E-state index in [1.54, 1.807) is 6.33 Å². The van der Waals surface area contributed by atoms with Crippen molar-refractivity contribution in [2.75, 3.05) is 44.8 Å². The maximum Gasteiger partial charge on any atom is 0.165 e. The number of fused-ring (bicyclic) bond motifs is 1. The van der Waals surface area contributed by atoms with Gasteiger partial charge in [-0.2, -0.15) is 0 Å². The van der Waals surface area contributed by atoms with E-state index < -0.39 is 0 Å². The van der Waals surface area contributed by atoms with Gasteiger partial charge in [0.05, 0.1) is 43.9 Å². The first-order valence-electron chi connectivity index (χ1n) is 8.47. The summed E-state index contributed by atoms with van der Waals surface area (Å²) in [6.45, 7) is 9.00. The average molecular weight is 329 g/mol. The van der Waals surface area contributed by atoms with Crippen LogP contribution in [-0.4, -0.2) is 71.5 Å². The standard InChI is InChI=1S/C17H23N5O2/c1-11-7-12(2)20-16-15(11)17(19-10-18-16)21-13-8-24-9-14(13)22-3-5-23-6-4-22/h7,10,13-14H,3-6,8-9H2,1-2H3,(H,18,19,20,21)/t13-,14-/m0/s1. The Hall–Kier alpha value is -1.83. The Balaban J connectivity index is 1.61. The molecule has 0 saturated carbocycles. The second-order valence-electron chi connectivity index (χ2n) is 6.51. The normalized spacial score (nSPS) is 25.2. The van der Waals surface area contributed by atoms with E-state index in [4.69, 9.17) is 9.47 Å². The number of hydrogen-bond acceptors (Lipinski definition) is 7. The molecule has 0 unspecified atom stereocenters. The van der Waals surface area contributed by atoms with E-state index in [0.29, 0.717) is 12.6 Å². The lowest BCUT2D eigenvalue weighted by Gasteiger charge is -2.34. The summed E-state index contributed by atoms with van der Waals surface area (Å²) in [5, 5.41) is 4.59. The molecule has 0 amide bonds. The summed E-state index contributed by atoms with van der Waals surface area (Å²) in [6.07, 6.45) is 1.58. The molecule has 2 aliphatic rings. The average Bonchev–Trinajstić information content (AvgIpc) is 3.03. The van der Waals surface area contributed by atoms with Crippen LogP contribution in [0.5, 0.6) is 0 Å². The second-order valence-corrected chi connectivity index (χ2v) is 6.51. The molecular formula is C17H23N5O2. The molecule has 2 saturated heterocycles. The maximum atomic E-state index is 5.75. The summed E-state index contributed by atoms with van der Waals surface area (Å²) >= 11 is 0. The summed E-state index contributed by atoms with van der Waals surface area (Å²) in [5.74, 6) is 0.846. The Kier molecular flexibility index (Phi) is 4.30. The van der Waals surface area contributed by atoms with Crippen LogP contribution in [0.3, 0.4) is 0 Å². The van der Waals surface area contributed by atoms with Crippen molar-refractivity contribution < 1.29 is 9.47 Å². The molecule has 2 fully saturated rings. The summed E-state index contributed by atoms with van der Waals surface area (Å²) in [5.41, 5.74) is 2.86. The zero-order valence-electron chi connectivity index (χ0n) is 14.2. The van der Waals surface area contributed by atoms with Crippen molar-refractivity contribution in [3.63, 3.8) is 0 Å². The first-order valence-corrected chi connectivity index (χ1v) is 8.47. The highest BCUT2D eigenvalue weighted by Gasteiger charge is 2.34. The van der Waals surface area contributed by atoms with Gasteiger partial charge in [0.25, 0.3) is 0 Å². The van der Waals surface area contributed by atoms with Crippen LogP contribution < -0.4 is 5.32 Å². The molecule has 1 N–H and O–H groups in total. The summed E-state index contributed by atoms with van der Waals surface area (Å²) in [6, 6.07) is 2.63. The number of ether oxygens (including phenoxy) is 2. The van der Waals surface area contributed by atoms with Crippen LogP contribution >= 0.6 is 0 Å². The largest absolute Gasteiger partial charge is 0.379 e. The van der Waals surface area contributed by atoms with Crippen molar-refractivity contribution in [1.29, 1.82) is 0 Å². The molecule has 4 rings (SSSR count). The zero-order chi connectivity index (χ0) is 16.5. The van der Waals surface area contributed by atoms with Crippen LogP contribution in [0.4, 0.5) is 5.82 Å². The minimum atomic E-state index is 0.210. The van der Waals surface area contributed by atoms with E-state index in [1.165, 1.54) is 0 Å². The molecular weight excluding hydrogens is 306 g/mol. The predicted octanol–water partition coefficient (Wildman–Crippen LogP) is 1.15. The summed E-state index contributed by atoms with van der Waals surface area (Å²) in [4.78, 5) is 15.8. The van der Waals surface area contributed by atoms with Crippen molar-refractivity contribution in [2.45, 2.75) is 25.9 Å². The van der Waals surface area contributed by atoms with Crippen molar-refractivity contribution >= 4 is 16.9 Å². The van der Waals surface area contributed by atoms with Gasteiger partial charge in [-0.25, -0.2) is 15.0 Å². The van der Waals surface area contributed by atoms with E-state index in [2.05, 4.69) is 38.2 Å². The third-order valence-corrected chi connectivity index (χ3v) is 4.82. The van der Waals surface area contributed by atoms with E-state index in [9.17, 15) is 0 Å². The number of hydrogen-bond donors (Lipinski definition) is 1. The molecule has 24 heavy (non-hydrogen) atoms. The third-order valence-electron chi connectivity index (χ3n) is 4.82. The van der Waals surface area contributed by atoms with Gasteiger partial charge in [-0.3, -0.25) is 4.90 Å². The van der Waals surface area contributed by atoms with Gasteiger partial charge in [0.15, 0.2) is 5.65 Å². The Bertz CT molecular complexity index is 732. The number of aromatic nitrogens is 3. The van der Waals surface area contributed by atoms with Crippen LogP contribution in [0.1, 0.15) is 11.3 Å². The minimum Gasteiger partial charge on any atom is -0.379 e. The van der Waals surface area contributed by atoms with Gasteiger partial charge < -0.3 is 14.8 Å². The minimum absolute atomic E-state index is 0.210. The SMILES string of the molecule is Cc1cc(C)c2c(N[C@H]3COC[C@@H]3N3CCOCC3)ncnc2n1. The fourth-order valence-electron chi connectivity index (χ4n) is 3.64. The van der Waals surface area contributed by atoms with E-state index in [0.717, 1.165) is 61.0 Å². The molecule has 128 valence electrons. The lowest BCUT2D eigenvalue weighted by atomic mass is 10.1. The molecule has 7 nitrogen and oxygen atoms in total. The topological polar surface area (TPSA) is 72.4 Å². The lowest BCUT2D eigenvalue weighted by Crippen LogP contribution is -2.50. The number of morpholine rings is 1. The number of anilines is 1. The first-order chi connectivity index (χ1) is 11.7. The van der Waals surface area contributed by atoms with E-state index in [1.807, 2.05) is 6.92 Å². The molecule has 7 heteroatoms. The van der Waals surface area contributed by atoms with Gasteiger partial charge in [-0.15, -0.1) is 0 Å². The molecule has 0 spiro atoms. The van der Waals surface area contributed by atoms with Gasteiger partial charge in [0.1, 0.15) is 12.1 Å². The third kappa shape index (κ3) is 2.94. The van der Waals surface area contributed by atoms with E-state index in [-0.39, 0.29) is 6.04 Å². The predicted molar refractivity (Wildman–Crippen MR) is 91.2 cm³/mol. The maximum absolute atomic E-state index is 5.75. The van der Waals surface area contributed by atoms with Crippen molar-refractivity contribution in [2.24, 2.45) is 0 Å². The quantitative estimate of drug-likeness (QED) is 0.905. The molecule has 0 radical (unpaired) electrons. The van der Waals surface area contributed by atoms with Gasteiger partial charge in [-0.05, 0) is 25.5 Å². The first kappa shape index (κ1) is 15.7. The molecule has 2 aliphatic heterocycles. The highest BCUT2D eigenvalue weighted by atomic mass is 16.5. The highest BCUT2D eigenvalue weighted by Crippen LogP contribution is 2.25. The molecule has 0 aromatic carbocycles. The number of nitrogens with zero attached hydrogens (tertiary/aromatic N) is 4. The van der Waals surface area contributed by atoms with E-state index >= 15 is 0 Å². The second kappa shape index (κ2) is 6.58. The van der Waals surface area contributed by atoms with Crippen LogP contribution in [0.25, 0.3) is 11.0 Å². The molecule has 4 heterocycles. The number of pyridine rings is 1. The Morgan fingerprint density at radius 1 is 1.12 bits per heavy atom. The summed E-state index contributed by atoms with van der Waals surface area (Å²) < 4.78 is 11.2. The smallest absolute Gasteiger partial charge is 0.165 e. The Morgan fingerprint density at radius 3 is 2.79 bits per heavy atom. The number of aryl methyl sites for hydroxylation is 2. The van der Waals surface area contributed by atoms with Crippen molar-refractivity contribution in [3.05, 3.63) is 23.7 Å². The molecule has 0 aliphatic carbocycles. The fraction of sp³-hybridized carbons (Fsp3) is 0.588. The zero-order valence-corrected chi connectivity index (χ0v) is 14.2. The molecule has 2 aromatic rings. The van der Waals surface area contributed by atoms with Gasteiger partial charge in [0, 0.05) is 18.8 Å². The van der Waals surface area contributed by atoms with Crippen molar-refractivity contribution in [1.82, 2.24) is 19.9 Å².